The fourth-order valence-electron chi connectivity index (χ4n) is 2.60. The quantitative estimate of drug-likeness (QED) is 0.694. The van der Waals surface area contributed by atoms with E-state index in [1.165, 1.54) is 22.7 Å². The summed E-state index contributed by atoms with van der Waals surface area (Å²) in [5.41, 5.74) is 0.592. The maximum absolute atomic E-state index is 12.7. The first-order valence-electron chi connectivity index (χ1n) is 8.88. The minimum Gasteiger partial charge on any atom is -0.354 e. The molecule has 0 aliphatic carbocycles. The van der Waals surface area contributed by atoms with Crippen LogP contribution in [0.1, 0.15) is 29.2 Å². The van der Waals surface area contributed by atoms with Crippen molar-refractivity contribution >= 4 is 57.3 Å². The van der Waals surface area contributed by atoms with E-state index in [1.807, 2.05) is 25.3 Å². The molecule has 2 aromatic rings. The van der Waals surface area contributed by atoms with Crippen LogP contribution in [0.5, 0.6) is 0 Å². The molecule has 1 aliphatic heterocycles. The molecule has 0 unspecified atom stereocenters. The molecule has 3 rings (SSSR count). The second-order valence-corrected chi connectivity index (χ2v) is 9.58. The first-order chi connectivity index (χ1) is 13.4. The number of hydrogen-bond donors (Lipinski definition) is 2. The van der Waals surface area contributed by atoms with Crippen LogP contribution in [-0.4, -0.2) is 51.8 Å². The average molecular weight is 439 g/mol. The van der Waals surface area contributed by atoms with E-state index in [-0.39, 0.29) is 24.1 Å². The monoisotopic (exact) mass is 438 g/mol. The molecule has 1 fully saturated rings. The van der Waals surface area contributed by atoms with Crippen molar-refractivity contribution in [1.82, 2.24) is 15.2 Å². The third kappa shape index (κ3) is 5.33. The molecule has 150 valence electrons. The molecule has 2 aromatic heterocycles. The van der Waals surface area contributed by atoms with Crippen LogP contribution in [0.15, 0.2) is 22.9 Å². The lowest BCUT2D eigenvalue weighted by atomic mass is 10.2. The van der Waals surface area contributed by atoms with E-state index in [1.54, 1.807) is 28.1 Å². The van der Waals surface area contributed by atoms with E-state index in [9.17, 15) is 14.4 Å². The number of aromatic nitrogens is 1. The van der Waals surface area contributed by atoms with Crippen molar-refractivity contribution in [2.75, 3.05) is 23.5 Å². The molecule has 10 heteroatoms. The van der Waals surface area contributed by atoms with Gasteiger partial charge in [0.05, 0.1) is 22.9 Å². The zero-order valence-corrected chi connectivity index (χ0v) is 18.1. The summed E-state index contributed by atoms with van der Waals surface area (Å²) in [5.74, 6) is 1.03. The lowest BCUT2D eigenvalue weighted by Crippen LogP contribution is -2.48. The standard InChI is InChI=1S/C18H22N4O3S3/c1-11(2)7-19-16(24)13-9-26-10-22(13)15(23)6-12-8-28-18(20-12)21-17(25)14-4-3-5-27-14/h3-5,8,11,13H,6-7,9-10H2,1-2H3,(H,19,24)(H,20,21,25)/t13-/m0/s1. The minimum absolute atomic E-state index is 0.103. The van der Waals surface area contributed by atoms with Gasteiger partial charge in [-0.15, -0.1) is 34.4 Å². The Labute approximate surface area is 175 Å². The van der Waals surface area contributed by atoms with Crippen molar-refractivity contribution in [2.45, 2.75) is 26.3 Å². The van der Waals surface area contributed by atoms with Crippen molar-refractivity contribution in [1.29, 1.82) is 0 Å². The second kappa shape index (κ2) is 9.53. The molecule has 7 nitrogen and oxygen atoms in total. The number of carbonyl (C=O) groups is 3. The molecule has 0 spiro atoms. The Morgan fingerprint density at radius 1 is 1.32 bits per heavy atom. The third-order valence-electron chi connectivity index (χ3n) is 4.04. The normalized spacial score (nSPS) is 16.4. The maximum Gasteiger partial charge on any atom is 0.267 e. The van der Waals surface area contributed by atoms with Crippen molar-refractivity contribution in [2.24, 2.45) is 5.92 Å². The number of carbonyl (C=O) groups excluding carboxylic acids is 3. The number of anilines is 1. The summed E-state index contributed by atoms with van der Waals surface area (Å²) in [6, 6.07) is 3.12. The van der Waals surface area contributed by atoms with Crippen LogP contribution in [0.2, 0.25) is 0 Å². The summed E-state index contributed by atoms with van der Waals surface area (Å²) < 4.78 is 0. The number of hydrogen-bond acceptors (Lipinski definition) is 7. The summed E-state index contributed by atoms with van der Waals surface area (Å²) >= 11 is 4.22. The van der Waals surface area contributed by atoms with Crippen LogP contribution < -0.4 is 10.6 Å². The van der Waals surface area contributed by atoms with Gasteiger partial charge in [-0.1, -0.05) is 19.9 Å². The van der Waals surface area contributed by atoms with Gasteiger partial charge in [0, 0.05) is 17.7 Å². The predicted molar refractivity (Wildman–Crippen MR) is 114 cm³/mol. The number of rotatable bonds is 7. The number of nitrogens with one attached hydrogen (secondary N) is 2. The summed E-state index contributed by atoms with van der Waals surface area (Å²) in [4.78, 5) is 43.7. The topological polar surface area (TPSA) is 91.4 Å². The van der Waals surface area contributed by atoms with Gasteiger partial charge in [0.25, 0.3) is 5.91 Å². The number of nitrogens with zero attached hydrogens (tertiary/aromatic N) is 2. The summed E-state index contributed by atoms with van der Waals surface area (Å²) in [6.45, 7) is 4.66. The molecule has 3 heterocycles. The van der Waals surface area contributed by atoms with E-state index in [4.69, 9.17) is 0 Å². The second-order valence-electron chi connectivity index (χ2n) is 6.77. The SMILES string of the molecule is CC(C)CNC(=O)[C@@H]1CSCN1C(=O)Cc1csc(NC(=O)c2cccs2)n1. The number of thiazole rings is 1. The first kappa shape index (κ1) is 20.8. The smallest absolute Gasteiger partial charge is 0.267 e. The van der Waals surface area contributed by atoms with E-state index in [0.717, 1.165) is 0 Å². The molecule has 3 amide bonds. The van der Waals surface area contributed by atoms with Crippen LogP contribution in [0.4, 0.5) is 5.13 Å². The lowest BCUT2D eigenvalue weighted by Gasteiger charge is -2.23. The maximum atomic E-state index is 12.7. The average Bonchev–Trinajstić information content (AvgIpc) is 3.40. The van der Waals surface area contributed by atoms with E-state index in [0.29, 0.717) is 39.8 Å². The Balaban J connectivity index is 1.56. The Morgan fingerprint density at radius 2 is 2.14 bits per heavy atom. The predicted octanol–water partition coefficient (Wildman–Crippen LogP) is 2.67. The van der Waals surface area contributed by atoms with Gasteiger partial charge < -0.3 is 10.2 Å². The highest BCUT2D eigenvalue weighted by molar-refractivity contribution is 7.99. The Hall–Kier alpha value is -1.91. The van der Waals surface area contributed by atoms with Gasteiger partial charge in [0.15, 0.2) is 5.13 Å². The molecule has 1 saturated heterocycles. The van der Waals surface area contributed by atoms with Crippen molar-refractivity contribution in [3.63, 3.8) is 0 Å². The number of thiophene rings is 1. The molecule has 0 bridgehead atoms. The first-order valence-corrected chi connectivity index (χ1v) is 11.8. The van der Waals surface area contributed by atoms with Gasteiger partial charge in [-0.25, -0.2) is 4.98 Å². The Bertz CT molecular complexity index is 835. The van der Waals surface area contributed by atoms with Gasteiger partial charge in [-0.2, -0.15) is 0 Å². The van der Waals surface area contributed by atoms with Gasteiger partial charge in [-0.3, -0.25) is 19.7 Å². The van der Waals surface area contributed by atoms with Crippen molar-refractivity contribution in [3.8, 4) is 0 Å². The van der Waals surface area contributed by atoms with E-state index < -0.39 is 6.04 Å². The molecule has 1 atom stereocenters. The molecular formula is C18H22N4O3S3. The Kier molecular flexibility index (Phi) is 7.08. The molecule has 2 N–H and O–H groups in total. The van der Waals surface area contributed by atoms with Crippen LogP contribution in [0.25, 0.3) is 0 Å². The van der Waals surface area contributed by atoms with E-state index >= 15 is 0 Å². The fourth-order valence-corrected chi connectivity index (χ4v) is 5.10. The van der Waals surface area contributed by atoms with Crippen LogP contribution in [0.3, 0.4) is 0 Å². The van der Waals surface area contributed by atoms with Crippen LogP contribution in [0, 0.1) is 5.92 Å². The molecule has 28 heavy (non-hydrogen) atoms. The highest BCUT2D eigenvalue weighted by Crippen LogP contribution is 2.23. The number of amides is 3. The zero-order valence-electron chi connectivity index (χ0n) is 15.6. The largest absolute Gasteiger partial charge is 0.354 e. The molecule has 1 aliphatic rings. The third-order valence-corrected chi connectivity index (χ3v) is 6.73. The highest BCUT2D eigenvalue weighted by Gasteiger charge is 2.34. The van der Waals surface area contributed by atoms with Crippen LogP contribution >= 0.6 is 34.4 Å². The molecule has 0 saturated carbocycles. The molecule has 0 radical (unpaired) electrons. The summed E-state index contributed by atoms with van der Waals surface area (Å²) in [5, 5.41) is 9.71. The van der Waals surface area contributed by atoms with Crippen molar-refractivity contribution in [3.05, 3.63) is 33.5 Å². The highest BCUT2D eigenvalue weighted by atomic mass is 32.2. The van der Waals surface area contributed by atoms with Gasteiger partial charge in [-0.05, 0) is 17.4 Å². The Morgan fingerprint density at radius 3 is 2.86 bits per heavy atom. The number of thioether (sulfide) groups is 1. The van der Waals surface area contributed by atoms with Gasteiger partial charge >= 0.3 is 0 Å². The van der Waals surface area contributed by atoms with Gasteiger partial charge in [0.1, 0.15) is 6.04 Å². The lowest BCUT2D eigenvalue weighted by molar-refractivity contribution is -0.137. The minimum atomic E-state index is -0.437. The van der Waals surface area contributed by atoms with Crippen LogP contribution in [-0.2, 0) is 16.0 Å². The van der Waals surface area contributed by atoms with Crippen molar-refractivity contribution < 1.29 is 14.4 Å². The van der Waals surface area contributed by atoms with E-state index in [2.05, 4.69) is 15.6 Å². The zero-order chi connectivity index (χ0) is 20.1. The van der Waals surface area contributed by atoms with Gasteiger partial charge in [0.2, 0.25) is 11.8 Å². The summed E-state index contributed by atoms with van der Waals surface area (Å²) in [7, 11) is 0. The summed E-state index contributed by atoms with van der Waals surface area (Å²) in [6.07, 6.45) is 0.111. The molecular weight excluding hydrogens is 416 g/mol. The molecule has 0 aromatic carbocycles. The fraction of sp³-hybridized carbons (Fsp3) is 0.444.